The zero-order chi connectivity index (χ0) is 14.7. The van der Waals surface area contributed by atoms with Crippen molar-refractivity contribution in [2.75, 3.05) is 0 Å². The summed E-state index contributed by atoms with van der Waals surface area (Å²) in [5, 5.41) is 0. The minimum Gasteiger partial charge on any atom is -0.293 e. The van der Waals surface area contributed by atoms with Gasteiger partial charge in [-0.2, -0.15) is 0 Å². The molecule has 0 N–H and O–H groups in total. The number of hydrogen-bond acceptors (Lipinski definition) is 1. The molecule has 0 heterocycles. The lowest BCUT2D eigenvalue weighted by atomic mass is 10.0. The normalized spacial score (nSPS) is 13.8. The number of alkyl halides is 2. The van der Waals surface area contributed by atoms with Gasteiger partial charge >= 0.3 is 0 Å². The van der Waals surface area contributed by atoms with Gasteiger partial charge in [0.1, 0.15) is 11.6 Å². The number of halogens is 4. The van der Waals surface area contributed by atoms with Crippen molar-refractivity contribution in [1.82, 2.24) is 0 Å². The van der Waals surface area contributed by atoms with Crippen molar-refractivity contribution in [3.05, 3.63) is 71.3 Å². The molecular weight excluding hydrogens is 394 g/mol. The minimum absolute atomic E-state index is 0.170. The zero-order valence-corrected chi connectivity index (χ0v) is 13.4. The summed E-state index contributed by atoms with van der Waals surface area (Å²) in [6.45, 7) is 0. The molecule has 0 aliphatic carbocycles. The highest BCUT2D eigenvalue weighted by Crippen LogP contribution is 2.33. The summed E-state index contributed by atoms with van der Waals surface area (Å²) in [4.78, 5) is 11.4. The van der Waals surface area contributed by atoms with Crippen LogP contribution in [0.25, 0.3) is 0 Å². The lowest BCUT2D eigenvalue weighted by molar-refractivity contribution is 0.0991. The first-order valence-electron chi connectivity index (χ1n) is 5.82. The highest BCUT2D eigenvalue weighted by Gasteiger charge is 2.26. The third-order valence-electron chi connectivity index (χ3n) is 2.82. The van der Waals surface area contributed by atoms with Crippen molar-refractivity contribution in [3.63, 3.8) is 0 Å². The molecule has 104 valence electrons. The molecule has 0 saturated carbocycles. The van der Waals surface area contributed by atoms with Crippen molar-refractivity contribution in [1.29, 1.82) is 0 Å². The van der Waals surface area contributed by atoms with Crippen LogP contribution in [0.1, 0.15) is 20.7 Å². The Labute approximate surface area is 132 Å². The summed E-state index contributed by atoms with van der Waals surface area (Å²) in [6, 6.07) is 11.3. The van der Waals surface area contributed by atoms with Crippen LogP contribution in [0.2, 0.25) is 0 Å². The molecule has 2 aromatic carbocycles. The Kier molecular flexibility index (Phi) is 5.05. The monoisotopic (exact) mass is 402 g/mol. The van der Waals surface area contributed by atoms with Gasteiger partial charge in [0, 0.05) is 5.56 Å². The van der Waals surface area contributed by atoms with Crippen molar-refractivity contribution < 1.29 is 13.6 Å². The molecule has 0 radical (unpaired) electrons. The van der Waals surface area contributed by atoms with Crippen LogP contribution >= 0.6 is 31.9 Å². The first-order valence-corrected chi connectivity index (χ1v) is 7.65. The number of hydrogen-bond donors (Lipinski definition) is 0. The van der Waals surface area contributed by atoms with Crippen LogP contribution in [0, 0.1) is 11.6 Å². The molecule has 5 heteroatoms. The molecule has 0 bridgehead atoms. The Bertz CT molecular complexity index is 596. The van der Waals surface area contributed by atoms with Crippen LogP contribution in [0.4, 0.5) is 8.78 Å². The molecular formula is C15H10Br2F2O. The maximum atomic E-state index is 12.9. The SMILES string of the molecule is O=C(c1ccc(F)cc1)C(Br)C(Br)c1ccc(F)cc1. The average Bonchev–Trinajstić information content (AvgIpc) is 2.46. The molecule has 2 unspecified atom stereocenters. The van der Waals surface area contributed by atoms with Gasteiger partial charge in [0.15, 0.2) is 5.78 Å². The second-order valence-electron chi connectivity index (χ2n) is 4.23. The van der Waals surface area contributed by atoms with Crippen LogP contribution < -0.4 is 0 Å². The standard InChI is InChI=1S/C15H10Br2F2O/c16-13(9-1-5-11(18)6-2-9)14(17)15(20)10-3-7-12(19)8-4-10/h1-8,13-14H. The number of benzene rings is 2. The quantitative estimate of drug-likeness (QED) is 0.515. The fourth-order valence-corrected chi connectivity index (χ4v) is 2.84. The predicted molar refractivity (Wildman–Crippen MR) is 81.5 cm³/mol. The Morgan fingerprint density at radius 1 is 0.850 bits per heavy atom. The van der Waals surface area contributed by atoms with E-state index < -0.39 is 4.83 Å². The van der Waals surface area contributed by atoms with Crippen LogP contribution in [0.3, 0.4) is 0 Å². The minimum atomic E-state index is -0.529. The van der Waals surface area contributed by atoms with Gasteiger partial charge in [-0.3, -0.25) is 4.79 Å². The highest BCUT2D eigenvalue weighted by molar-refractivity contribution is 9.12. The van der Waals surface area contributed by atoms with Crippen molar-refractivity contribution in [2.24, 2.45) is 0 Å². The first kappa shape index (κ1) is 15.3. The fourth-order valence-electron chi connectivity index (χ4n) is 1.72. The van der Waals surface area contributed by atoms with E-state index in [4.69, 9.17) is 0 Å². The second kappa shape index (κ2) is 6.59. The zero-order valence-electron chi connectivity index (χ0n) is 10.2. The highest BCUT2D eigenvalue weighted by atomic mass is 79.9. The van der Waals surface area contributed by atoms with Gasteiger partial charge in [0.25, 0.3) is 0 Å². The Balaban J connectivity index is 2.17. The molecule has 0 aromatic heterocycles. The van der Waals surface area contributed by atoms with Gasteiger partial charge in [0.2, 0.25) is 0 Å². The average molecular weight is 404 g/mol. The molecule has 2 atom stereocenters. The van der Waals surface area contributed by atoms with Crippen LogP contribution in [0.5, 0.6) is 0 Å². The Morgan fingerprint density at radius 2 is 1.30 bits per heavy atom. The van der Waals surface area contributed by atoms with Gasteiger partial charge in [-0.1, -0.05) is 44.0 Å². The van der Waals surface area contributed by atoms with E-state index in [1.54, 1.807) is 12.1 Å². The van der Waals surface area contributed by atoms with Gasteiger partial charge in [0.05, 0.1) is 9.65 Å². The molecule has 2 rings (SSSR count). The van der Waals surface area contributed by atoms with E-state index >= 15 is 0 Å². The molecule has 0 aliphatic rings. The van der Waals surface area contributed by atoms with Gasteiger partial charge in [-0.25, -0.2) is 8.78 Å². The third kappa shape index (κ3) is 3.52. The van der Waals surface area contributed by atoms with E-state index in [0.717, 1.165) is 5.56 Å². The molecule has 2 aromatic rings. The van der Waals surface area contributed by atoms with Gasteiger partial charge < -0.3 is 0 Å². The summed E-state index contributed by atoms with van der Waals surface area (Å²) in [6.07, 6.45) is 0. The second-order valence-corrected chi connectivity index (χ2v) is 6.20. The Morgan fingerprint density at radius 3 is 1.80 bits per heavy atom. The van der Waals surface area contributed by atoms with E-state index in [2.05, 4.69) is 31.9 Å². The van der Waals surface area contributed by atoms with Gasteiger partial charge in [-0.15, -0.1) is 0 Å². The molecule has 0 spiro atoms. The van der Waals surface area contributed by atoms with Crippen LogP contribution in [-0.4, -0.2) is 10.6 Å². The number of carbonyl (C=O) groups is 1. The molecule has 0 aliphatic heterocycles. The molecule has 0 amide bonds. The van der Waals surface area contributed by atoms with Crippen LogP contribution in [-0.2, 0) is 0 Å². The lowest BCUT2D eigenvalue weighted by Crippen LogP contribution is -2.19. The number of carbonyl (C=O) groups excluding carboxylic acids is 1. The first-order chi connectivity index (χ1) is 9.49. The maximum absolute atomic E-state index is 12.9. The van der Waals surface area contributed by atoms with E-state index in [-0.39, 0.29) is 22.2 Å². The van der Waals surface area contributed by atoms with E-state index in [9.17, 15) is 13.6 Å². The molecule has 1 nitrogen and oxygen atoms in total. The third-order valence-corrected chi connectivity index (χ3v) is 5.54. The topological polar surface area (TPSA) is 17.1 Å². The van der Waals surface area contributed by atoms with Gasteiger partial charge in [-0.05, 0) is 42.0 Å². The summed E-state index contributed by atoms with van der Waals surface area (Å²) >= 11 is 6.76. The number of Topliss-reactive ketones (excluding diaryl/α,β-unsaturated/α-hetero) is 1. The summed E-state index contributed by atoms with van der Waals surface area (Å²) < 4.78 is 25.7. The molecule has 0 fully saturated rings. The largest absolute Gasteiger partial charge is 0.293 e. The fraction of sp³-hybridized carbons (Fsp3) is 0.133. The van der Waals surface area contributed by atoms with Crippen LogP contribution in [0.15, 0.2) is 48.5 Å². The van der Waals surface area contributed by atoms with E-state index in [0.29, 0.717) is 5.56 Å². The molecule has 0 saturated heterocycles. The number of ketones is 1. The lowest BCUT2D eigenvalue weighted by Gasteiger charge is -2.16. The van der Waals surface area contributed by atoms with E-state index in [1.807, 2.05) is 0 Å². The summed E-state index contributed by atoms with van der Waals surface area (Å²) in [5.74, 6) is -0.887. The smallest absolute Gasteiger partial charge is 0.177 e. The van der Waals surface area contributed by atoms with Crippen molar-refractivity contribution in [3.8, 4) is 0 Å². The summed E-state index contributed by atoms with van der Waals surface area (Å²) in [5.41, 5.74) is 1.20. The van der Waals surface area contributed by atoms with Crippen molar-refractivity contribution in [2.45, 2.75) is 9.65 Å². The summed E-state index contributed by atoms with van der Waals surface area (Å²) in [7, 11) is 0. The predicted octanol–water partition coefficient (Wildman–Crippen LogP) is 5.05. The Hall–Kier alpha value is -1.07. The molecule has 20 heavy (non-hydrogen) atoms. The maximum Gasteiger partial charge on any atom is 0.177 e. The van der Waals surface area contributed by atoms with E-state index in [1.165, 1.54) is 36.4 Å². The number of rotatable bonds is 4. The van der Waals surface area contributed by atoms with Crippen molar-refractivity contribution >= 4 is 37.6 Å².